The molecule has 2 aromatic rings. The Bertz CT molecular complexity index is 564. The van der Waals surface area contributed by atoms with Gasteiger partial charge in [-0.1, -0.05) is 29.8 Å². The van der Waals surface area contributed by atoms with Gasteiger partial charge in [0.05, 0.1) is 16.1 Å². The number of nitrogens with zero attached hydrogens (tertiary/aromatic N) is 1. The first kappa shape index (κ1) is 10.9. The minimum atomic E-state index is -0.700. The van der Waals surface area contributed by atoms with Crippen molar-refractivity contribution in [3.05, 3.63) is 34.2 Å². The normalized spacial score (nSPS) is 11.1. The third kappa shape index (κ3) is 2.15. The Kier molecular flexibility index (Phi) is 3.07. The highest BCUT2D eigenvalue weighted by Gasteiger charge is 2.07. The Morgan fingerprint density at radius 1 is 1.50 bits per heavy atom. The van der Waals surface area contributed by atoms with E-state index in [1.54, 1.807) is 0 Å². The molecule has 16 heavy (non-hydrogen) atoms. The maximum atomic E-state index is 10.4. The van der Waals surface area contributed by atoms with Gasteiger partial charge in [-0.2, -0.15) is 5.10 Å². The number of urea groups is 1. The quantitative estimate of drug-likeness (QED) is 0.627. The number of primary amides is 1. The van der Waals surface area contributed by atoms with Crippen LogP contribution >= 0.6 is 22.9 Å². The lowest BCUT2D eigenvalue weighted by atomic mass is 10.2. The van der Waals surface area contributed by atoms with E-state index in [0.29, 0.717) is 5.02 Å². The Morgan fingerprint density at radius 2 is 2.25 bits per heavy atom. The number of fused-ring (bicyclic) bond motifs is 1. The first-order chi connectivity index (χ1) is 7.68. The second-order valence-corrected chi connectivity index (χ2v) is 4.47. The van der Waals surface area contributed by atoms with Crippen LogP contribution in [0.4, 0.5) is 4.79 Å². The van der Waals surface area contributed by atoms with Crippen molar-refractivity contribution in [3.8, 4) is 0 Å². The molecule has 1 aromatic carbocycles. The van der Waals surface area contributed by atoms with Crippen LogP contribution in [0, 0.1) is 0 Å². The Balaban J connectivity index is 2.34. The Morgan fingerprint density at radius 3 is 2.94 bits per heavy atom. The van der Waals surface area contributed by atoms with Crippen molar-refractivity contribution in [3.63, 3.8) is 0 Å². The number of rotatable bonds is 2. The Labute approximate surface area is 101 Å². The number of hydrogen-bond donors (Lipinski definition) is 2. The van der Waals surface area contributed by atoms with E-state index < -0.39 is 6.03 Å². The number of hydrogen-bond acceptors (Lipinski definition) is 3. The smallest absolute Gasteiger partial charge is 0.332 e. The zero-order chi connectivity index (χ0) is 11.5. The van der Waals surface area contributed by atoms with E-state index in [2.05, 4.69) is 10.5 Å². The predicted octanol–water partition coefficient (Wildman–Crippen LogP) is 2.56. The SMILES string of the molecule is NC(=O)NN=Cc1sc2ccccc2c1Cl. The minimum Gasteiger partial charge on any atom is -0.350 e. The van der Waals surface area contributed by atoms with E-state index in [1.165, 1.54) is 17.6 Å². The third-order valence-corrected chi connectivity index (χ3v) is 3.54. The van der Waals surface area contributed by atoms with Gasteiger partial charge in [0.1, 0.15) is 0 Å². The topological polar surface area (TPSA) is 67.5 Å². The lowest BCUT2D eigenvalue weighted by Crippen LogP contribution is -2.24. The maximum absolute atomic E-state index is 10.4. The summed E-state index contributed by atoms with van der Waals surface area (Å²) in [7, 11) is 0. The average molecular weight is 254 g/mol. The van der Waals surface area contributed by atoms with Crippen molar-refractivity contribution in [2.24, 2.45) is 10.8 Å². The summed E-state index contributed by atoms with van der Waals surface area (Å²) in [6, 6.07) is 7.08. The summed E-state index contributed by atoms with van der Waals surface area (Å²) in [6.45, 7) is 0. The molecule has 3 N–H and O–H groups in total. The van der Waals surface area contributed by atoms with Crippen molar-refractivity contribution in [1.29, 1.82) is 0 Å². The minimum absolute atomic E-state index is 0.635. The van der Waals surface area contributed by atoms with Gasteiger partial charge in [-0.3, -0.25) is 0 Å². The second kappa shape index (κ2) is 4.51. The van der Waals surface area contributed by atoms with Crippen molar-refractivity contribution in [2.45, 2.75) is 0 Å². The van der Waals surface area contributed by atoms with Crippen LogP contribution in [0.15, 0.2) is 29.4 Å². The highest BCUT2D eigenvalue weighted by Crippen LogP contribution is 2.33. The van der Waals surface area contributed by atoms with Crippen LogP contribution in [0.1, 0.15) is 4.88 Å². The van der Waals surface area contributed by atoms with E-state index in [9.17, 15) is 4.79 Å². The molecule has 0 aliphatic carbocycles. The van der Waals surface area contributed by atoms with E-state index in [-0.39, 0.29) is 0 Å². The summed E-state index contributed by atoms with van der Waals surface area (Å²) in [5, 5.41) is 5.29. The van der Waals surface area contributed by atoms with E-state index in [4.69, 9.17) is 17.3 Å². The number of benzene rings is 1. The number of carbonyl (C=O) groups excluding carboxylic acids is 1. The van der Waals surface area contributed by atoms with Crippen LogP contribution in [0.5, 0.6) is 0 Å². The van der Waals surface area contributed by atoms with Crippen LogP contribution in [0.25, 0.3) is 10.1 Å². The highest BCUT2D eigenvalue weighted by atomic mass is 35.5. The molecular formula is C10H8ClN3OS. The largest absolute Gasteiger partial charge is 0.350 e. The standard InChI is InChI=1S/C10H8ClN3OS/c11-9-6-3-1-2-4-7(6)16-8(9)5-13-14-10(12)15/h1-5H,(H3,12,14,15). The molecule has 0 atom stereocenters. The molecule has 2 amide bonds. The van der Waals surface area contributed by atoms with E-state index in [0.717, 1.165) is 15.0 Å². The summed E-state index contributed by atoms with van der Waals surface area (Å²) in [4.78, 5) is 11.2. The fraction of sp³-hybridized carbons (Fsp3) is 0. The molecule has 0 aliphatic heterocycles. The number of amides is 2. The molecule has 0 spiro atoms. The molecule has 0 fully saturated rings. The second-order valence-electron chi connectivity index (χ2n) is 3.01. The van der Waals surface area contributed by atoms with Gasteiger partial charge in [0.15, 0.2) is 0 Å². The van der Waals surface area contributed by atoms with Crippen molar-refractivity contribution < 1.29 is 4.79 Å². The van der Waals surface area contributed by atoms with Crippen LogP contribution < -0.4 is 11.2 Å². The summed E-state index contributed by atoms with van der Waals surface area (Å²) in [5.74, 6) is 0. The van der Waals surface area contributed by atoms with Gasteiger partial charge in [-0.05, 0) is 6.07 Å². The van der Waals surface area contributed by atoms with Crippen LogP contribution in [0.2, 0.25) is 5.02 Å². The molecular weight excluding hydrogens is 246 g/mol. The van der Waals surface area contributed by atoms with Crippen molar-refractivity contribution in [1.82, 2.24) is 5.43 Å². The number of carbonyl (C=O) groups is 1. The first-order valence-corrected chi connectivity index (χ1v) is 5.63. The molecule has 4 nitrogen and oxygen atoms in total. The molecule has 1 aromatic heterocycles. The lowest BCUT2D eigenvalue weighted by molar-refractivity contribution is 0.249. The van der Waals surface area contributed by atoms with Gasteiger partial charge in [0.2, 0.25) is 0 Å². The van der Waals surface area contributed by atoms with Gasteiger partial charge >= 0.3 is 6.03 Å². The maximum Gasteiger partial charge on any atom is 0.332 e. The average Bonchev–Trinajstić information content (AvgIpc) is 2.56. The van der Waals surface area contributed by atoms with Crippen molar-refractivity contribution >= 4 is 45.3 Å². The van der Waals surface area contributed by atoms with Gasteiger partial charge in [0, 0.05) is 10.1 Å². The molecule has 6 heteroatoms. The summed E-state index contributed by atoms with van der Waals surface area (Å²) in [6.07, 6.45) is 1.48. The van der Waals surface area contributed by atoms with Gasteiger partial charge in [-0.15, -0.1) is 11.3 Å². The van der Waals surface area contributed by atoms with Crippen LogP contribution in [0.3, 0.4) is 0 Å². The number of halogens is 1. The molecule has 0 saturated heterocycles. The molecule has 82 valence electrons. The molecule has 0 radical (unpaired) electrons. The third-order valence-electron chi connectivity index (χ3n) is 1.92. The molecule has 0 bridgehead atoms. The zero-order valence-corrected chi connectivity index (χ0v) is 9.68. The lowest BCUT2D eigenvalue weighted by Gasteiger charge is -1.90. The summed E-state index contributed by atoms with van der Waals surface area (Å²) in [5.41, 5.74) is 7.00. The summed E-state index contributed by atoms with van der Waals surface area (Å²) >= 11 is 7.65. The van der Waals surface area contributed by atoms with Gasteiger partial charge in [0.25, 0.3) is 0 Å². The summed E-state index contributed by atoms with van der Waals surface area (Å²) < 4.78 is 1.08. The number of nitrogens with one attached hydrogen (secondary N) is 1. The highest BCUT2D eigenvalue weighted by molar-refractivity contribution is 7.21. The molecule has 2 rings (SSSR count). The van der Waals surface area contributed by atoms with Crippen LogP contribution in [-0.4, -0.2) is 12.2 Å². The van der Waals surface area contributed by atoms with Gasteiger partial charge in [-0.25, -0.2) is 10.2 Å². The first-order valence-electron chi connectivity index (χ1n) is 4.44. The molecule has 1 heterocycles. The number of nitrogens with two attached hydrogens (primary N) is 1. The number of thiophene rings is 1. The van der Waals surface area contributed by atoms with E-state index in [1.807, 2.05) is 24.3 Å². The fourth-order valence-corrected chi connectivity index (χ4v) is 2.62. The van der Waals surface area contributed by atoms with Gasteiger partial charge < -0.3 is 5.73 Å². The Hall–Kier alpha value is -1.59. The predicted molar refractivity (Wildman–Crippen MR) is 67.1 cm³/mol. The van der Waals surface area contributed by atoms with E-state index >= 15 is 0 Å². The zero-order valence-electron chi connectivity index (χ0n) is 8.11. The number of hydrazone groups is 1. The monoisotopic (exact) mass is 253 g/mol. The molecule has 0 unspecified atom stereocenters. The molecule has 0 saturated carbocycles. The van der Waals surface area contributed by atoms with Crippen LogP contribution in [-0.2, 0) is 0 Å². The van der Waals surface area contributed by atoms with Crippen molar-refractivity contribution in [2.75, 3.05) is 0 Å². The molecule has 0 aliphatic rings. The fourth-order valence-electron chi connectivity index (χ4n) is 1.27.